The van der Waals surface area contributed by atoms with Crippen molar-refractivity contribution < 1.29 is 0 Å². The normalized spacial score (nSPS) is 13.9. The molecule has 5 rings (SSSR count). The predicted octanol–water partition coefficient (Wildman–Crippen LogP) is 3.75. The third kappa shape index (κ3) is 3.00. The maximum Gasteiger partial charge on any atom is 0.165 e. The molecule has 0 radical (unpaired) electrons. The van der Waals surface area contributed by atoms with E-state index in [2.05, 4.69) is 15.2 Å². The third-order valence-electron chi connectivity index (χ3n) is 4.60. The maximum absolute atomic E-state index is 6.63. The van der Waals surface area contributed by atoms with Crippen LogP contribution in [0.25, 0.3) is 22.8 Å². The zero-order valence-corrected chi connectivity index (χ0v) is 15.4. The largest absolute Gasteiger partial charge is 0.288 e. The second-order valence-corrected chi connectivity index (χ2v) is 7.08. The number of halogens is 1. The van der Waals surface area contributed by atoms with Crippen molar-refractivity contribution >= 4 is 11.6 Å². The number of aromatic nitrogens is 7. The number of nitrogens with zero attached hydrogens (tertiary/aromatic N) is 7. The van der Waals surface area contributed by atoms with Gasteiger partial charge in [-0.05, 0) is 50.1 Å². The highest BCUT2D eigenvalue weighted by atomic mass is 35.5. The van der Waals surface area contributed by atoms with Gasteiger partial charge in [-0.2, -0.15) is 5.10 Å². The number of rotatable bonds is 4. The molecule has 0 N–H and O–H groups in total. The SMILES string of the molecule is Cc1cc(-n2nc(C3CC3)nc2-c2ccc(-n3cnnc3)cc2Cl)ccn1. The van der Waals surface area contributed by atoms with Crippen molar-refractivity contribution in [1.29, 1.82) is 0 Å². The molecule has 1 aromatic carbocycles. The van der Waals surface area contributed by atoms with Crippen LogP contribution >= 0.6 is 11.6 Å². The van der Waals surface area contributed by atoms with Crippen LogP contribution in [0.15, 0.2) is 49.2 Å². The number of hydrogen-bond donors (Lipinski definition) is 0. The van der Waals surface area contributed by atoms with Crippen molar-refractivity contribution in [1.82, 2.24) is 34.5 Å². The van der Waals surface area contributed by atoms with Crippen molar-refractivity contribution in [2.75, 3.05) is 0 Å². The average molecular weight is 378 g/mol. The number of benzene rings is 1. The van der Waals surface area contributed by atoms with Crippen LogP contribution in [0, 0.1) is 6.92 Å². The van der Waals surface area contributed by atoms with Crippen LogP contribution in [0.4, 0.5) is 0 Å². The number of hydrogen-bond acceptors (Lipinski definition) is 5. The summed E-state index contributed by atoms with van der Waals surface area (Å²) in [5.74, 6) is 2.06. The fourth-order valence-corrected chi connectivity index (χ4v) is 3.30. The second-order valence-electron chi connectivity index (χ2n) is 6.67. The molecule has 1 fully saturated rings. The van der Waals surface area contributed by atoms with E-state index in [0.717, 1.165) is 47.1 Å². The van der Waals surface area contributed by atoms with E-state index in [-0.39, 0.29) is 0 Å². The van der Waals surface area contributed by atoms with E-state index in [1.807, 2.05) is 46.5 Å². The minimum Gasteiger partial charge on any atom is -0.288 e. The summed E-state index contributed by atoms with van der Waals surface area (Å²) in [4.78, 5) is 9.09. The smallest absolute Gasteiger partial charge is 0.165 e. The quantitative estimate of drug-likeness (QED) is 0.541. The van der Waals surface area contributed by atoms with Crippen LogP contribution in [0.2, 0.25) is 5.02 Å². The van der Waals surface area contributed by atoms with Gasteiger partial charge in [0.25, 0.3) is 0 Å². The molecule has 4 aromatic rings. The monoisotopic (exact) mass is 377 g/mol. The van der Waals surface area contributed by atoms with Gasteiger partial charge >= 0.3 is 0 Å². The summed E-state index contributed by atoms with van der Waals surface area (Å²) in [6, 6.07) is 9.74. The Balaban J connectivity index is 1.64. The van der Waals surface area contributed by atoms with Crippen LogP contribution in [0.1, 0.15) is 30.3 Å². The summed E-state index contributed by atoms with van der Waals surface area (Å²) in [7, 11) is 0. The van der Waals surface area contributed by atoms with Crippen LogP contribution in [0.3, 0.4) is 0 Å². The second kappa shape index (κ2) is 6.28. The molecule has 0 atom stereocenters. The van der Waals surface area contributed by atoms with Gasteiger partial charge in [-0.3, -0.25) is 9.55 Å². The van der Waals surface area contributed by atoms with Crippen molar-refractivity contribution in [2.24, 2.45) is 0 Å². The van der Waals surface area contributed by atoms with E-state index in [1.54, 1.807) is 18.9 Å². The summed E-state index contributed by atoms with van der Waals surface area (Å²) in [5.41, 5.74) is 3.58. The molecule has 134 valence electrons. The molecule has 3 aromatic heterocycles. The highest BCUT2D eigenvalue weighted by molar-refractivity contribution is 6.33. The standard InChI is InChI=1S/C19H16ClN7/c1-12-8-15(6-7-21-12)27-19(24-18(25-27)13-2-3-13)16-5-4-14(9-17(16)20)26-10-22-23-11-26/h4-11,13H,2-3H2,1H3. The van der Waals surface area contributed by atoms with E-state index in [9.17, 15) is 0 Å². The summed E-state index contributed by atoms with van der Waals surface area (Å²) in [6.07, 6.45) is 7.33. The highest BCUT2D eigenvalue weighted by Gasteiger charge is 2.30. The Morgan fingerprint density at radius 1 is 1.04 bits per heavy atom. The minimum atomic E-state index is 0.447. The Bertz CT molecular complexity index is 1110. The molecule has 0 amide bonds. The summed E-state index contributed by atoms with van der Waals surface area (Å²) in [6.45, 7) is 1.96. The highest BCUT2D eigenvalue weighted by Crippen LogP contribution is 2.40. The van der Waals surface area contributed by atoms with Gasteiger partial charge in [-0.25, -0.2) is 9.67 Å². The zero-order valence-electron chi connectivity index (χ0n) is 14.6. The minimum absolute atomic E-state index is 0.447. The molecule has 0 bridgehead atoms. The van der Waals surface area contributed by atoms with Gasteiger partial charge in [0, 0.05) is 29.1 Å². The van der Waals surface area contributed by atoms with Gasteiger partial charge in [0.05, 0.1) is 10.7 Å². The molecule has 0 unspecified atom stereocenters. The van der Waals surface area contributed by atoms with Crippen LogP contribution < -0.4 is 0 Å². The topological polar surface area (TPSA) is 74.3 Å². The predicted molar refractivity (Wildman–Crippen MR) is 101 cm³/mol. The van der Waals surface area contributed by atoms with Gasteiger partial charge in [0.15, 0.2) is 11.6 Å². The first kappa shape index (κ1) is 16.1. The Morgan fingerprint density at radius 3 is 2.56 bits per heavy atom. The van der Waals surface area contributed by atoms with E-state index in [1.165, 1.54) is 0 Å². The molecule has 0 spiro atoms. The van der Waals surface area contributed by atoms with Gasteiger partial charge in [-0.15, -0.1) is 10.2 Å². The average Bonchev–Trinajstić information content (AvgIpc) is 3.19. The fourth-order valence-electron chi connectivity index (χ4n) is 3.04. The van der Waals surface area contributed by atoms with E-state index >= 15 is 0 Å². The fraction of sp³-hybridized carbons (Fsp3) is 0.211. The van der Waals surface area contributed by atoms with Crippen LogP contribution in [-0.4, -0.2) is 34.5 Å². The molecule has 8 heteroatoms. The number of pyridine rings is 1. The van der Waals surface area contributed by atoms with E-state index in [0.29, 0.717) is 10.9 Å². The maximum atomic E-state index is 6.63. The Morgan fingerprint density at radius 2 is 1.85 bits per heavy atom. The Hall–Kier alpha value is -3.06. The first-order valence-corrected chi connectivity index (χ1v) is 9.12. The van der Waals surface area contributed by atoms with Crippen molar-refractivity contribution in [3.8, 4) is 22.8 Å². The molecule has 1 aliphatic rings. The molecular weight excluding hydrogens is 362 g/mol. The molecular formula is C19H16ClN7. The Kier molecular flexibility index (Phi) is 3.75. The lowest BCUT2D eigenvalue weighted by molar-refractivity contribution is 0.835. The van der Waals surface area contributed by atoms with Crippen molar-refractivity contribution in [3.63, 3.8) is 0 Å². The first-order valence-electron chi connectivity index (χ1n) is 8.74. The molecule has 3 heterocycles. The van der Waals surface area contributed by atoms with E-state index < -0.39 is 0 Å². The molecule has 7 nitrogen and oxygen atoms in total. The molecule has 0 aliphatic heterocycles. The van der Waals surface area contributed by atoms with Gasteiger partial charge < -0.3 is 0 Å². The summed E-state index contributed by atoms with van der Waals surface area (Å²) < 4.78 is 3.67. The molecule has 27 heavy (non-hydrogen) atoms. The molecule has 1 aliphatic carbocycles. The van der Waals surface area contributed by atoms with Crippen LogP contribution in [0.5, 0.6) is 0 Å². The summed E-state index contributed by atoms with van der Waals surface area (Å²) >= 11 is 6.63. The van der Waals surface area contributed by atoms with Crippen molar-refractivity contribution in [2.45, 2.75) is 25.7 Å². The number of aryl methyl sites for hydroxylation is 1. The lowest BCUT2D eigenvalue weighted by atomic mass is 10.2. The van der Waals surface area contributed by atoms with Crippen LogP contribution in [-0.2, 0) is 0 Å². The lowest BCUT2D eigenvalue weighted by Crippen LogP contribution is -2.01. The molecule has 0 saturated heterocycles. The van der Waals surface area contributed by atoms with Gasteiger partial charge in [0.2, 0.25) is 0 Å². The summed E-state index contributed by atoms with van der Waals surface area (Å²) in [5, 5.41) is 13.0. The van der Waals surface area contributed by atoms with E-state index in [4.69, 9.17) is 21.7 Å². The zero-order chi connectivity index (χ0) is 18.4. The third-order valence-corrected chi connectivity index (χ3v) is 4.91. The molecule has 1 saturated carbocycles. The lowest BCUT2D eigenvalue weighted by Gasteiger charge is -2.09. The Labute approximate surface area is 160 Å². The van der Waals surface area contributed by atoms with Gasteiger partial charge in [0.1, 0.15) is 12.7 Å². The first-order chi connectivity index (χ1) is 13.2. The van der Waals surface area contributed by atoms with Crippen molar-refractivity contribution in [3.05, 3.63) is 65.7 Å². The van der Waals surface area contributed by atoms with Gasteiger partial charge in [-0.1, -0.05) is 11.6 Å².